The lowest BCUT2D eigenvalue weighted by Crippen LogP contribution is -2.22. The van der Waals surface area contributed by atoms with Gasteiger partial charge >= 0.3 is 0 Å². The van der Waals surface area contributed by atoms with Crippen LogP contribution in [0.3, 0.4) is 0 Å². The molecule has 0 spiro atoms. The monoisotopic (exact) mass is 386 g/mol. The predicted molar refractivity (Wildman–Crippen MR) is 97.6 cm³/mol. The zero-order valence-corrected chi connectivity index (χ0v) is 14.9. The van der Waals surface area contributed by atoms with Gasteiger partial charge in [-0.25, -0.2) is 4.98 Å². The van der Waals surface area contributed by atoms with Gasteiger partial charge in [-0.3, -0.25) is 4.79 Å². The molecule has 3 nitrogen and oxygen atoms in total. The highest BCUT2D eigenvalue weighted by Crippen LogP contribution is 2.21. The van der Waals surface area contributed by atoms with Crippen LogP contribution in [0.5, 0.6) is 0 Å². The van der Waals surface area contributed by atoms with Crippen molar-refractivity contribution in [2.45, 2.75) is 13.5 Å². The summed E-state index contributed by atoms with van der Waals surface area (Å²) >= 11 is 5.01. The fourth-order valence-corrected chi connectivity index (χ4v) is 3.06. The van der Waals surface area contributed by atoms with Crippen LogP contribution in [0.1, 0.15) is 20.9 Å². The van der Waals surface area contributed by atoms with Crippen molar-refractivity contribution in [3.8, 4) is 11.3 Å². The number of aromatic nitrogens is 1. The highest BCUT2D eigenvalue weighted by molar-refractivity contribution is 9.10. The normalized spacial score (nSPS) is 10.5. The number of carbonyl (C=O) groups excluding carboxylic acids is 1. The van der Waals surface area contributed by atoms with Gasteiger partial charge in [-0.05, 0) is 36.8 Å². The average Bonchev–Trinajstić information content (AvgIpc) is 3.00. The molecule has 2 aromatic carbocycles. The Morgan fingerprint density at radius 1 is 1.13 bits per heavy atom. The minimum atomic E-state index is -0.0725. The molecule has 23 heavy (non-hydrogen) atoms. The fourth-order valence-electron chi connectivity index (χ4n) is 2.18. The molecule has 0 aliphatic rings. The van der Waals surface area contributed by atoms with Crippen LogP contribution in [0.15, 0.2) is 58.4 Å². The summed E-state index contributed by atoms with van der Waals surface area (Å²) in [5.74, 6) is -0.0725. The maximum absolute atomic E-state index is 12.1. The van der Waals surface area contributed by atoms with Crippen LogP contribution in [0.4, 0.5) is 0 Å². The van der Waals surface area contributed by atoms with E-state index in [0.717, 1.165) is 26.3 Å². The number of hydrogen-bond acceptors (Lipinski definition) is 3. The Kier molecular flexibility index (Phi) is 4.88. The molecule has 3 aromatic rings. The lowest BCUT2D eigenvalue weighted by Gasteiger charge is -2.06. The quantitative estimate of drug-likeness (QED) is 0.698. The number of hydrogen-bond donors (Lipinski definition) is 1. The van der Waals surface area contributed by atoms with Gasteiger partial charge in [0.1, 0.15) is 0 Å². The number of carbonyl (C=O) groups is 1. The molecule has 0 unspecified atom stereocenters. The molecule has 0 bridgehead atoms. The van der Waals surface area contributed by atoms with Crippen LogP contribution in [-0.2, 0) is 6.54 Å². The van der Waals surface area contributed by atoms with E-state index in [4.69, 9.17) is 0 Å². The van der Waals surface area contributed by atoms with E-state index in [1.54, 1.807) is 23.5 Å². The first-order valence-electron chi connectivity index (χ1n) is 7.17. The Labute approximate surface area is 147 Å². The molecule has 0 atom stereocenters. The van der Waals surface area contributed by atoms with Crippen molar-refractivity contribution < 1.29 is 4.79 Å². The minimum absolute atomic E-state index is 0.0725. The highest BCUT2D eigenvalue weighted by Gasteiger charge is 2.06. The van der Waals surface area contributed by atoms with Gasteiger partial charge in [-0.15, -0.1) is 11.3 Å². The molecule has 1 N–H and O–H groups in total. The summed E-state index contributed by atoms with van der Waals surface area (Å²) in [5.41, 5.74) is 3.81. The number of thiazole rings is 1. The van der Waals surface area contributed by atoms with Gasteiger partial charge in [0.2, 0.25) is 0 Å². The zero-order valence-electron chi connectivity index (χ0n) is 12.5. The Morgan fingerprint density at radius 3 is 2.43 bits per heavy atom. The van der Waals surface area contributed by atoms with Crippen molar-refractivity contribution >= 4 is 33.2 Å². The van der Waals surface area contributed by atoms with Gasteiger partial charge < -0.3 is 5.32 Å². The number of rotatable bonds is 4. The summed E-state index contributed by atoms with van der Waals surface area (Å²) in [6.45, 7) is 2.51. The molecule has 116 valence electrons. The molecule has 0 saturated carbocycles. The van der Waals surface area contributed by atoms with Crippen molar-refractivity contribution in [3.63, 3.8) is 0 Å². The second kappa shape index (κ2) is 7.06. The Balaban J connectivity index is 1.62. The number of benzene rings is 2. The second-order valence-corrected chi connectivity index (χ2v) is 7.12. The van der Waals surface area contributed by atoms with E-state index in [-0.39, 0.29) is 5.91 Å². The Bertz CT molecular complexity index is 810. The van der Waals surface area contributed by atoms with Gasteiger partial charge in [-0.2, -0.15) is 0 Å². The Morgan fingerprint density at radius 2 is 1.83 bits per heavy atom. The van der Waals surface area contributed by atoms with Crippen molar-refractivity contribution in [3.05, 3.63) is 74.5 Å². The third-order valence-electron chi connectivity index (χ3n) is 3.43. The van der Waals surface area contributed by atoms with Crippen molar-refractivity contribution in [1.29, 1.82) is 0 Å². The average molecular weight is 387 g/mol. The van der Waals surface area contributed by atoms with Crippen LogP contribution >= 0.6 is 27.3 Å². The summed E-state index contributed by atoms with van der Waals surface area (Å²) in [6.07, 6.45) is 0. The van der Waals surface area contributed by atoms with Crippen molar-refractivity contribution in [2.24, 2.45) is 0 Å². The molecule has 1 amide bonds. The smallest absolute Gasteiger partial charge is 0.251 e. The largest absolute Gasteiger partial charge is 0.348 e. The van der Waals surface area contributed by atoms with E-state index < -0.39 is 0 Å². The number of amides is 1. The van der Waals surface area contributed by atoms with Gasteiger partial charge in [0.15, 0.2) is 0 Å². The number of aryl methyl sites for hydroxylation is 1. The number of halogens is 1. The van der Waals surface area contributed by atoms with E-state index in [0.29, 0.717) is 12.1 Å². The van der Waals surface area contributed by atoms with Gasteiger partial charge in [0.05, 0.1) is 10.7 Å². The van der Waals surface area contributed by atoms with E-state index in [2.05, 4.69) is 31.6 Å². The molecule has 0 fully saturated rings. The summed E-state index contributed by atoms with van der Waals surface area (Å²) in [4.78, 5) is 16.6. The first-order chi connectivity index (χ1) is 11.1. The number of nitrogens with zero attached hydrogens (tertiary/aromatic N) is 1. The Hall–Kier alpha value is -1.98. The molecule has 0 aliphatic carbocycles. The molecular weight excluding hydrogens is 372 g/mol. The summed E-state index contributed by atoms with van der Waals surface area (Å²) < 4.78 is 0.960. The SMILES string of the molecule is Cc1nc(-c2ccc(CNC(=O)c3ccc(Br)cc3)cc2)cs1. The number of nitrogens with one attached hydrogen (secondary N) is 1. The molecule has 1 aromatic heterocycles. The molecule has 0 aliphatic heterocycles. The van der Waals surface area contributed by atoms with Crippen molar-refractivity contribution in [1.82, 2.24) is 10.3 Å². The van der Waals surface area contributed by atoms with Crippen molar-refractivity contribution in [2.75, 3.05) is 0 Å². The lowest BCUT2D eigenvalue weighted by atomic mass is 10.1. The van der Waals surface area contributed by atoms with Crippen LogP contribution in [-0.4, -0.2) is 10.9 Å². The van der Waals surface area contributed by atoms with Crippen LogP contribution in [0.2, 0.25) is 0 Å². The van der Waals surface area contributed by atoms with Gasteiger partial charge in [-0.1, -0.05) is 40.2 Å². The van der Waals surface area contributed by atoms with E-state index in [1.807, 2.05) is 43.3 Å². The molecule has 1 heterocycles. The molecular formula is C18H15BrN2OS. The van der Waals surface area contributed by atoms with E-state index in [9.17, 15) is 4.79 Å². The zero-order chi connectivity index (χ0) is 16.2. The second-order valence-electron chi connectivity index (χ2n) is 5.14. The van der Waals surface area contributed by atoms with E-state index in [1.165, 1.54) is 0 Å². The fraction of sp³-hybridized carbons (Fsp3) is 0.111. The summed E-state index contributed by atoms with van der Waals surface area (Å²) in [7, 11) is 0. The third kappa shape index (κ3) is 4.06. The standard InChI is InChI=1S/C18H15BrN2OS/c1-12-21-17(11-23-12)14-4-2-13(3-5-14)10-20-18(22)15-6-8-16(19)9-7-15/h2-9,11H,10H2,1H3,(H,20,22). The maximum atomic E-state index is 12.1. The van der Waals surface area contributed by atoms with Crippen LogP contribution in [0.25, 0.3) is 11.3 Å². The molecule has 5 heteroatoms. The molecule has 0 saturated heterocycles. The third-order valence-corrected chi connectivity index (χ3v) is 4.73. The lowest BCUT2D eigenvalue weighted by molar-refractivity contribution is 0.0951. The molecule has 3 rings (SSSR count). The topological polar surface area (TPSA) is 42.0 Å². The highest BCUT2D eigenvalue weighted by atomic mass is 79.9. The summed E-state index contributed by atoms with van der Waals surface area (Å²) in [6, 6.07) is 15.4. The van der Waals surface area contributed by atoms with Gasteiger partial charge in [0, 0.05) is 27.5 Å². The van der Waals surface area contributed by atoms with E-state index >= 15 is 0 Å². The van der Waals surface area contributed by atoms with Crippen LogP contribution in [0, 0.1) is 6.92 Å². The first-order valence-corrected chi connectivity index (χ1v) is 8.84. The molecule has 0 radical (unpaired) electrons. The first kappa shape index (κ1) is 15.9. The summed E-state index contributed by atoms with van der Waals surface area (Å²) in [5, 5.41) is 6.05. The maximum Gasteiger partial charge on any atom is 0.251 e. The van der Waals surface area contributed by atoms with Crippen LogP contribution < -0.4 is 5.32 Å². The van der Waals surface area contributed by atoms with Gasteiger partial charge in [0.25, 0.3) is 5.91 Å². The predicted octanol–water partition coefficient (Wildman–Crippen LogP) is 4.81. The minimum Gasteiger partial charge on any atom is -0.348 e.